The molecule has 222 valence electrons. The van der Waals surface area contributed by atoms with Crippen molar-refractivity contribution in [1.29, 1.82) is 0 Å². The van der Waals surface area contributed by atoms with Crippen LogP contribution >= 0.6 is 11.6 Å². The Balaban J connectivity index is 0.000000256. The molecule has 5 aromatic carbocycles. The molecule has 0 unspecified atom stereocenters. The van der Waals surface area contributed by atoms with Crippen LogP contribution in [0.15, 0.2) is 115 Å². The molecule has 43 heavy (non-hydrogen) atoms. The maximum atomic E-state index is 5.97. The van der Waals surface area contributed by atoms with Crippen LogP contribution in [0.1, 0.15) is 70.2 Å². The van der Waals surface area contributed by atoms with E-state index in [9.17, 15) is 0 Å². The zero-order chi connectivity index (χ0) is 29.6. The molecule has 0 fully saturated rings. The van der Waals surface area contributed by atoms with Crippen LogP contribution in [0, 0.1) is 6.08 Å². The summed E-state index contributed by atoms with van der Waals surface area (Å²) in [7, 11) is 0. The second kappa shape index (κ2) is 16.2. The number of halogens is 3. The van der Waals surface area contributed by atoms with Crippen LogP contribution in [-0.4, -0.2) is 3.21 Å². The van der Waals surface area contributed by atoms with Gasteiger partial charge in [-0.1, -0.05) is 76.9 Å². The van der Waals surface area contributed by atoms with Crippen LogP contribution in [0.2, 0.25) is 5.02 Å². The first-order valence-corrected chi connectivity index (χ1v) is 15.8. The molecule has 1 aliphatic rings. The van der Waals surface area contributed by atoms with Crippen molar-refractivity contribution in [3.8, 4) is 0 Å². The van der Waals surface area contributed by atoms with Gasteiger partial charge in [-0.15, -0.1) is 46.2 Å². The van der Waals surface area contributed by atoms with Crippen molar-refractivity contribution in [3.63, 3.8) is 0 Å². The predicted octanol–water partition coefficient (Wildman–Crippen LogP) is 5.08. The van der Waals surface area contributed by atoms with Crippen molar-refractivity contribution < 1.29 is 49.0 Å². The summed E-state index contributed by atoms with van der Waals surface area (Å²) < 4.78 is 1.34. The van der Waals surface area contributed by atoms with Crippen molar-refractivity contribution in [2.75, 3.05) is 0 Å². The molecule has 0 bridgehead atoms. The number of benzene rings is 4. The minimum Gasteiger partial charge on any atom is -1.00 e. The molecule has 0 spiro atoms. The third-order valence-electron chi connectivity index (χ3n) is 7.20. The standard InChI is InChI=1S/C21H25.C13H9Cl.C5H5.2ClH.Zr/c1-20(2,3)16-7-9-18-14(12-16)11-15-13-17(21(4,5)6)8-10-19(15)18;14-13-8-4-7-12(10-13)9-11-5-2-1-3-6-11;1-2-4-5-3-1;;;/h7-13H,1-6H3;1-8,10H;1-3H,4H2;2*1H;/q-1;;-1;;;+2/p-2. The van der Waals surface area contributed by atoms with Gasteiger partial charge in [0.1, 0.15) is 0 Å². The quantitative estimate of drug-likeness (QED) is 0.225. The van der Waals surface area contributed by atoms with Gasteiger partial charge in [-0.3, -0.25) is 6.08 Å². The minimum atomic E-state index is 0. The zero-order valence-electron chi connectivity index (χ0n) is 25.8. The minimum absolute atomic E-state index is 0. The van der Waals surface area contributed by atoms with E-state index in [0.717, 1.165) is 11.4 Å². The van der Waals surface area contributed by atoms with E-state index in [1.807, 2.05) is 36.4 Å². The number of allylic oxidation sites excluding steroid dienone is 4. The van der Waals surface area contributed by atoms with Crippen LogP contribution in [-0.2, 0) is 35.1 Å². The number of fused-ring (bicyclic) bond motifs is 3. The van der Waals surface area contributed by atoms with Crippen molar-refractivity contribution >= 4 is 36.4 Å². The Kier molecular flexibility index (Phi) is 14.0. The molecule has 0 heterocycles. The maximum absolute atomic E-state index is 5.97. The Bertz CT molecular complexity index is 1620. The van der Waals surface area contributed by atoms with Crippen LogP contribution in [0.25, 0.3) is 21.5 Å². The van der Waals surface area contributed by atoms with Gasteiger partial charge in [-0.05, 0) is 10.8 Å². The summed E-state index contributed by atoms with van der Waals surface area (Å²) in [6, 6.07) is 34.6. The largest absolute Gasteiger partial charge is 1.00 e. The Morgan fingerprint density at radius 1 is 0.698 bits per heavy atom. The van der Waals surface area contributed by atoms with Crippen LogP contribution < -0.4 is 24.8 Å². The topological polar surface area (TPSA) is 0 Å². The zero-order valence-corrected chi connectivity index (χ0v) is 30.5. The molecule has 4 heteroatoms. The van der Waals surface area contributed by atoms with E-state index >= 15 is 0 Å². The van der Waals surface area contributed by atoms with Crippen molar-refractivity contribution in [3.05, 3.63) is 149 Å². The molecule has 0 atom stereocenters. The summed E-state index contributed by atoms with van der Waals surface area (Å²) in [5, 5.41) is 6.27. The summed E-state index contributed by atoms with van der Waals surface area (Å²) in [6.07, 6.45) is 10.0. The summed E-state index contributed by atoms with van der Waals surface area (Å²) in [6.45, 7) is 13.6. The normalized spacial score (nSPS) is 12.0. The summed E-state index contributed by atoms with van der Waals surface area (Å²) in [5.74, 6) is 0. The maximum Gasteiger partial charge on any atom is -0.109 e. The first-order valence-electron chi connectivity index (χ1n) is 14.2. The number of rotatable bonds is 2. The van der Waals surface area contributed by atoms with Crippen molar-refractivity contribution in [2.45, 2.75) is 58.8 Å². The fraction of sp³-hybridized carbons (Fsp3) is 0.231. The van der Waals surface area contributed by atoms with Gasteiger partial charge >= 0.3 is 110 Å². The molecule has 0 aliphatic heterocycles. The second-order valence-electron chi connectivity index (χ2n) is 12.5. The molecule has 0 amide bonds. The van der Waals surface area contributed by atoms with E-state index in [4.69, 9.17) is 11.6 Å². The van der Waals surface area contributed by atoms with Gasteiger partial charge in [-0.25, -0.2) is 12.2 Å². The Labute approximate surface area is 290 Å². The first kappa shape index (κ1) is 37.0. The Morgan fingerprint density at radius 3 is 1.65 bits per heavy atom. The van der Waals surface area contributed by atoms with E-state index in [0.29, 0.717) is 0 Å². The van der Waals surface area contributed by atoms with Crippen LogP contribution in [0.4, 0.5) is 0 Å². The molecular weight excluding hydrogens is 666 g/mol. The fourth-order valence-electron chi connectivity index (χ4n) is 4.71. The molecule has 0 saturated heterocycles. The molecule has 5 aromatic rings. The molecule has 0 saturated carbocycles. The van der Waals surface area contributed by atoms with E-state index in [-0.39, 0.29) is 35.6 Å². The summed E-state index contributed by atoms with van der Waals surface area (Å²) in [5.41, 5.74) is 5.70. The van der Waals surface area contributed by atoms with Gasteiger partial charge in [0.05, 0.1) is 0 Å². The van der Waals surface area contributed by atoms with Gasteiger partial charge in [0.15, 0.2) is 0 Å². The molecule has 6 rings (SSSR count). The molecule has 1 aliphatic carbocycles. The van der Waals surface area contributed by atoms with Crippen LogP contribution in [0.3, 0.4) is 0 Å². The van der Waals surface area contributed by atoms with E-state index in [1.54, 1.807) is 0 Å². The Hall–Kier alpha value is -2.15. The molecule has 0 radical (unpaired) electrons. The monoisotopic (exact) mass is 702 g/mol. The SMILES string of the molecule is CC(C)(C)c1ccc2c(c1)[cH-]c1cc(C(C)(C)C)ccc12.Clc1cccc([C](=[Zr+2])c2ccccc2)c1.[C-]1=CC=CC1.[Cl-].[Cl-]. The van der Waals surface area contributed by atoms with Gasteiger partial charge in [0, 0.05) is 0 Å². The second-order valence-corrected chi connectivity index (χ2v) is 14.2. The summed E-state index contributed by atoms with van der Waals surface area (Å²) >= 11 is 7.38. The smallest absolute Gasteiger partial charge is 0.109 e. The average Bonchev–Trinajstić information content (AvgIpc) is 3.64. The van der Waals surface area contributed by atoms with Gasteiger partial charge in [0.25, 0.3) is 0 Å². The van der Waals surface area contributed by atoms with Crippen molar-refractivity contribution in [1.82, 2.24) is 0 Å². The van der Waals surface area contributed by atoms with E-state index in [2.05, 4.69) is 126 Å². The number of hydrogen-bond donors (Lipinski definition) is 0. The van der Waals surface area contributed by atoms with Gasteiger partial charge in [-0.2, -0.15) is 6.08 Å². The van der Waals surface area contributed by atoms with E-state index in [1.165, 1.54) is 71.2 Å². The fourth-order valence-corrected chi connectivity index (χ4v) is 5.69. The van der Waals surface area contributed by atoms with Gasteiger partial charge in [0.2, 0.25) is 0 Å². The molecular formula is C39H39Cl3Zr-2. The average molecular weight is 705 g/mol. The Morgan fingerprint density at radius 2 is 1.23 bits per heavy atom. The van der Waals surface area contributed by atoms with Crippen LogP contribution in [0.5, 0.6) is 0 Å². The van der Waals surface area contributed by atoms with E-state index < -0.39 is 0 Å². The third-order valence-corrected chi connectivity index (χ3v) is 8.85. The van der Waals surface area contributed by atoms with Crippen molar-refractivity contribution in [2.24, 2.45) is 0 Å². The predicted molar refractivity (Wildman–Crippen MR) is 177 cm³/mol. The molecule has 0 N–H and O–H groups in total. The van der Waals surface area contributed by atoms with Gasteiger partial charge < -0.3 is 24.8 Å². The molecule has 0 aromatic heterocycles. The molecule has 0 nitrogen and oxygen atoms in total. The first-order chi connectivity index (χ1) is 19.4. The third kappa shape index (κ3) is 10.2. The summed E-state index contributed by atoms with van der Waals surface area (Å²) in [4.78, 5) is 0. The number of hydrogen-bond acceptors (Lipinski definition) is 0.